The van der Waals surface area contributed by atoms with Gasteiger partial charge < -0.3 is 5.73 Å². The molecule has 0 fully saturated rings. The van der Waals surface area contributed by atoms with Crippen molar-refractivity contribution in [3.8, 4) is 0 Å². The molecule has 0 saturated heterocycles. The Labute approximate surface area is 122 Å². The lowest BCUT2D eigenvalue weighted by atomic mass is 10.2. The number of nitrogens with zero attached hydrogens (tertiary/aromatic N) is 2. The molecule has 5 nitrogen and oxygen atoms in total. The molecular weight excluding hydrogens is 330 g/mol. The number of nitrogens with two attached hydrogens (primary N) is 1. The molecule has 1 heterocycles. The Morgan fingerprint density at radius 1 is 1.37 bits per heavy atom. The Morgan fingerprint density at radius 2 is 2.16 bits per heavy atom. The Morgan fingerprint density at radius 3 is 2.79 bits per heavy atom. The lowest BCUT2D eigenvalue weighted by molar-refractivity contribution is -0.383. The summed E-state index contributed by atoms with van der Waals surface area (Å²) < 4.78 is 0.909. The van der Waals surface area contributed by atoms with Crippen LogP contribution in [0.4, 0.5) is 11.4 Å². The number of hydrogen-bond donors (Lipinski definition) is 1. The maximum Gasteiger partial charge on any atom is 0.292 e. The molecule has 0 aliphatic rings. The zero-order chi connectivity index (χ0) is 13.8. The van der Waals surface area contributed by atoms with Gasteiger partial charge in [0.15, 0.2) is 0 Å². The molecule has 19 heavy (non-hydrogen) atoms. The zero-order valence-corrected chi connectivity index (χ0v) is 12.1. The van der Waals surface area contributed by atoms with Gasteiger partial charge in [-0.3, -0.25) is 10.1 Å². The summed E-state index contributed by atoms with van der Waals surface area (Å²) in [6.45, 7) is 0. The van der Waals surface area contributed by atoms with Crippen LogP contribution in [0.1, 0.15) is 5.56 Å². The molecule has 0 aliphatic carbocycles. The molecule has 0 amide bonds. The molecule has 0 saturated carbocycles. The van der Waals surface area contributed by atoms with E-state index in [0.717, 1.165) is 15.1 Å². The summed E-state index contributed by atoms with van der Waals surface area (Å²) in [5.74, 6) is 0.544. The van der Waals surface area contributed by atoms with Crippen LogP contribution in [0.5, 0.6) is 0 Å². The van der Waals surface area contributed by atoms with Crippen molar-refractivity contribution in [2.75, 3.05) is 5.73 Å². The van der Waals surface area contributed by atoms with Crippen LogP contribution in [0.15, 0.2) is 46.0 Å². The molecule has 1 aromatic carbocycles. The van der Waals surface area contributed by atoms with Gasteiger partial charge in [0.2, 0.25) is 0 Å². The van der Waals surface area contributed by atoms with Crippen molar-refractivity contribution >= 4 is 39.1 Å². The normalized spacial score (nSPS) is 10.4. The number of anilines is 1. The molecule has 2 aromatic rings. The third kappa shape index (κ3) is 3.45. The first-order chi connectivity index (χ1) is 9.08. The second-order valence-electron chi connectivity index (χ2n) is 3.71. The predicted octanol–water partition coefficient (Wildman–Crippen LogP) is 3.63. The molecule has 98 valence electrons. The summed E-state index contributed by atoms with van der Waals surface area (Å²) in [5.41, 5.74) is 6.70. The van der Waals surface area contributed by atoms with Gasteiger partial charge in [0.1, 0.15) is 5.69 Å². The summed E-state index contributed by atoms with van der Waals surface area (Å²) in [6.07, 6.45) is 1.71. The summed E-state index contributed by atoms with van der Waals surface area (Å²) in [4.78, 5) is 14.5. The number of thioether (sulfide) groups is 1. The summed E-state index contributed by atoms with van der Waals surface area (Å²) in [7, 11) is 0. The highest BCUT2D eigenvalue weighted by Crippen LogP contribution is 2.30. The van der Waals surface area contributed by atoms with Crippen molar-refractivity contribution in [1.82, 2.24) is 4.98 Å². The smallest absolute Gasteiger partial charge is 0.292 e. The lowest BCUT2D eigenvalue weighted by Crippen LogP contribution is -1.99. The number of hydrogen-bond acceptors (Lipinski definition) is 5. The summed E-state index contributed by atoms with van der Waals surface area (Å²) >= 11 is 4.79. The maximum atomic E-state index is 10.8. The van der Waals surface area contributed by atoms with Gasteiger partial charge in [-0.05, 0) is 33.6 Å². The molecule has 0 radical (unpaired) electrons. The lowest BCUT2D eigenvalue weighted by Gasteiger charge is -2.05. The summed E-state index contributed by atoms with van der Waals surface area (Å²) in [5, 5.41) is 11.6. The molecule has 0 atom stereocenters. The van der Waals surface area contributed by atoms with Crippen LogP contribution in [0.2, 0.25) is 0 Å². The average molecular weight is 340 g/mol. The van der Waals surface area contributed by atoms with E-state index in [1.54, 1.807) is 18.3 Å². The van der Waals surface area contributed by atoms with Gasteiger partial charge in [-0.25, -0.2) is 4.98 Å². The molecule has 1 aromatic heterocycles. The number of para-hydroxylation sites is 1. The van der Waals surface area contributed by atoms with E-state index in [4.69, 9.17) is 5.73 Å². The number of rotatable bonds is 4. The molecular formula is C12H10BrN3O2S. The molecule has 2 N–H and O–H groups in total. The van der Waals surface area contributed by atoms with E-state index in [9.17, 15) is 10.1 Å². The minimum absolute atomic E-state index is 0.0538. The number of nitro groups is 1. The van der Waals surface area contributed by atoms with Crippen molar-refractivity contribution in [1.29, 1.82) is 0 Å². The van der Waals surface area contributed by atoms with Crippen LogP contribution < -0.4 is 5.73 Å². The second-order valence-corrected chi connectivity index (χ2v) is 5.62. The first-order valence-electron chi connectivity index (χ1n) is 5.34. The van der Waals surface area contributed by atoms with E-state index >= 15 is 0 Å². The highest BCUT2D eigenvalue weighted by Gasteiger charge is 2.14. The van der Waals surface area contributed by atoms with Gasteiger partial charge >= 0.3 is 0 Å². The fourth-order valence-corrected chi connectivity index (χ4v) is 2.57. The van der Waals surface area contributed by atoms with Gasteiger partial charge in [-0.2, -0.15) is 0 Å². The molecule has 0 bridgehead atoms. The highest BCUT2D eigenvalue weighted by atomic mass is 79.9. The third-order valence-electron chi connectivity index (χ3n) is 2.45. The standard InChI is InChI=1S/C12H10BrN3O2S/c13-9-4-5-11(15-6-9)19-7-8-2-1-3-10(12(8)14)16(17)18/h1-6H,7,14H2. The topological polar surface area (TPSA) is 82.0 Å². The van der Waals surface area contributed by atoms with Gasteiger partial charge in [-0.15, -0.1) is 11.8 Å². The first-order valence-corrected chi connectivity index (χ1v) is 7.12. The van der Waals surface area contributed by atoms with Crippen LogP contribution in [-0.4, -0.2) is 9.91 Å². The quantitative estimate of drug-likeness (QED) is 0.398. The molecule has 7 heteroatoms. The number of halogens is 1. The Balaban J connectivity index is 2.13. The number of pyridine rings is 1. The largest absolute Gasteiger partial charge is 0.393 e. The number of nitro benzene ring substituents is 1. The van der Waals surface area contributed by atoms with Crippen molar-refractivity contribution in [2.24, 2.45) is 0 Å². The van der Waals surface area contributed by atoms with E-state index in [2.05, 4.69) is 20.9 Å². The van der Waals surface area contributed by atoms with E-state index in [0.29, 0.717) is 5.75 Å². The molecule has 0 spiro atoms. The highest BCUT2D eigenvalue weighted by molar-refractivity contribution is 9.10. The zero-order valence-electron chi connectivity index (χ0n) is 9.75. The van der Waals surface area contributed by atoms with Crippen LogP contribution in [0, 0.1) is 10.1 Å². The fraction of sp³-hybridized carbons (Fsp3) is 0.0833. The minimum atomic E-state index is -0.471. The van der Waals surface area contributed by atoms with Crippen LogP contribution in [-0.2, 0) is 5.75 Å². The van der Waals surface area contributed by atoms with E-state index in [1.807, 2.05) is 12.1 Å². The van der Waals surface area contributed by atoms with Crippen molar-refractivity contribution < 1.29 is 4.92 Å². The van der Waals surface area contributed by atoms with E-state index in [1.165, 1.54) is 17.8 Å². The van der Waals surface area contributed by atoms with E-state index in [-0.39, 0.29) is 11.4 Å². The third-order valence-corrected chi connectivity index (χ3v) is 3.91. The fourth-order valence-electron chi connectivity index (χ4n) is 1.48. The molecule has 0 aliphatic heterocycles. The Bertz CT molecular complexity index is 604. The van der Waals surface area contributed by atoms with Crippen molar-refractivity contribution in [3.63, 3.8) is 0 Å². The first kappa shape index (κ1) is 13.8. The number of aromatic nitrogens is 1. The maximum absolute atomic E-state index is 10.8. The van der Waals surface area contributed by atoms with Crippen LogP contribution in [0.3, 0.4) is 0 Å². The van der Waals surface area contributed by atoms with Gasteiger partial charge in [0.05, 0.1) is 9.95 Å². The Kier molecular flexibility index (Phi) is 4.39. The van der Waals surface area contributed by atoms with Gasteiger partial charge in [0.25, 0.3) is 5.69 Å². The second kappa shape index (κ2) is 6.03. The Hall–Kier alpha value is -1.60. The predicted molar refractivity (Wildman–Crippen MR) is 79.0 cm³/mol. The van der Waals surface area contributed by atoms with Crippen molar-refractivity contribution in [3.05, 3.63) is 56.7 Å². The van der Waals surface area contributed by atoms with Gasteiger partial charge in [-0.1, -0.05) is 12.1 Å². The minimum Gasteiger partial charge on any atom is -0.393 e. The molecule has 2 rings (SSSR count). The van der Waals surface area contributed by atoms with Gasteiger partial charge in [0, 0.05) is 22.5 Å². The monoisotopic (exact) mass is 339 g/mol. The molecule has 0 unspecified atom stereocenters. The van der Waals surface area contributed by atoms with Crippen molar-refractivity contribution in [2.45, 2.75) is 10.8 Å². The van der Waals surface area contributed by atoms with E-state index < -0.39 is 4.92 Å². The number of benzene rings is 1. The number of nitrogen functional groups attached to an aromatic ring is 1. The SMILES string of the molecule is Nc1c(CSc2ccc(Br)cn2)cccc1[N+](=O)[O-]. The van der Waals surface area contributed by atoms with Crippen LogP contribution >= 0.6 is 27.7 Å². The average Bonchev–Trinajstić information content (AvgIpc) is 2.39. The van der Waals surface area contributed by atoms with Crippen LogP contribution in [0.25, 0.3) is 0 Å². The summed E-state index contributed by atoms with van der Waals surface area (Å²) in [6, 6.07) is 8.60.